The predicted octanol–water partition coefficient (Wildman–Crippen LogP) is 5.67. The first kappa shape index (κ1) is 23.8. The van der Waals surface area contributed by atoms with Crippen LogP contribution in [-0.4, -0.2) is 21.7 Å². The summed E-state index contributed by atoms with van der Waals surface area (Å²) in [7, 11) is 0. The first-order chi connectivity index (χ1) is 17.4. The van der Waals surface area contributed by atoms with Crippen LogP contribution < -0.4 is 10.6 Å². The van der Waals surface area contributed by atoms with Crippen LogP contribution in [0.5, 0.6) is 0 Å². The molecular formula is C26H18N4O6. The molecule has 0 bridgehead atoms. The number of hydrogen-bond donors (Lipinski definition) is 2. The number of nitrogens with one attached hydrogen (secondary N) is 2. The number of carbonyl (C=O) groups is 2. The third-order valence-electron chi connectivity index (χ3n) is 5.33. The number of benzene rings is 4. The van der Waals surface area contributed by atoms with Crippen LogP contribution in [0.1, 0.15) is 20.7 Å². The first-order valence-electron chi connectivity index (χ1n) is 10.6. The molecule has 10 nitrogen and oxygen atoms in total. The molecule has 0 spiro atoms. The number of nitro groups is 2. The lowest BCUT2D eigenvalue weighted by atomic mass is 10.0. The van der Waals surface area contributed by atoms with Crippen LogP contribution in [0, 0.1) is 20.2 Å². The second-order valence-electron chi connectivity index (χ2n) is 7.55. The minimum Gasteiger partial charge on any atom is -0.321 e. The second-order valence-corrected chi connectivity index (χ2v) is 7.55. The molecule has 36 heavy (non-hydrogen) atoms. The van der Waals surface area contributed by atoms with Crippen LogP contribution in [-0.2, 0) is 0 Å². The molecule has 0 fully saturated rings. The fraction of sp³-hybridized carbons (Fsp3) is 0. The van der Waals surface area contributed by atoms with Crippen molar-refractivity contribution in [2.45, 2.75) is 0 Å². The Kier molecular flexibility index (Phi) is 6.78. The van der Waals surface area contributed by atoms with Gasteiger partial charge in [0.05, 0.1) is 9.85 Å². The average Bonchev–Trinajstić information content (AvgIpc) is 2.89. The van der Waals surface area contributed by atoms with Crippen molar-refractivity contribution in [3.63, 3.8) is 0 Å². The summed E-state index contributed by atoms with van der Waals surface area (Å²) in [6, 6.07) is 24.7. The van der Waals surface area contributed by atoms with Gasteiger partial charge in [-0.05, 0) is 24.3 Å². The zero-order valence-electron chi connectivity index (χ0n) is 18.6. The lowest BCUT2D eigenvalue weighted by Gasteiger charge is -2.15. The topological polar surface area (TPSA) is 144 Å². The van der Waals surface area contributed by atoms with Crippen molar-refractivity contribution in [3.8, 4) is 11.1 Å². The number of amides is 2. The zero-order chi connectivity index (χ0) is 25.7. The molecule has 2 N–H and O–H groups in total. The number of anilines is 2. The molecule has 4 rings (SSSR count). The highest BCUT2D eigenvalue weighted by Gasteiger charge is 2.22. The lowest BCUT2D eigenvalue weighted by Crippen LogP contribution is -2.16. The van der Waals surface area contributed by atoms with Gasteiger partial charge in [-0.2, -0.15) is 0 Å². The molecule has 0 aliphatic rings. The van der Waals surface area contributed by atoms with Crippen molar-refractivity contribution in [2.75, 3.05) is 10.6 Å². The molecule has 4 aromatic rings. The van der Waals surface area contributed by atoms with Gasteiger partial charge in [0.2, 0.25) is 0 Å². The van der Waals surface area contributed by atoms with Crippen molar-refractivity contribution < 1.29 is 19.4 Å². The summed E-state index contributed by atoms with van der Waals surface area (Å²) < 4.78 is 0. The highest BCUT2D eigenvalue weighted by atomic mass is 16.6. The van der Waals surface area contributed by atoms with Crippen LogP contribution in [0.25, 0.3) is 11.1 Å². The molecule has 0 saturated carbocycles. The molecule has 0 aromatic heterocycles. The average molecular weight is 482 g/mol. The highest BCUT2D eigenvalue weighted by molar-refractivity contribution is 6.11. The van der Waals surface area contributed by atoms with Crippen molar-refractivity contribution in [2.24, 2.45) is 0 Å². The van der Waals surface area contributed by atoms with Gasteiger partial charge >= 0.3 is 0 Å². The van der Waals surface area contributed by atoms with Crippen LogP contribution >= 0.6 is 0 Å². The Morgan fingerprint density at radius 2 is 0.861 bits per heavy atom. The van der Waals surface area contributed by atoms with E-state index in [1.165, 1.54) is 48.5 Å². The van der Waals surface area contributed by atoms with Crippen LogP contribution in [0.4, 0.5) is 22.7 Å². The predicted molar refractivity (Wildman–Crippen MR) is 134 cm³/mol. The molecule has 4 aromatic carbocycles. The maximum atomic E-state index is 12.9. The number of nitro benzene ring substituents is 2. The van der Waals surface area contributed by atoms with E-state index >= 15 is 0 Å². The Morgan fingerprint density at radius 3 is 1.25 bits per heavy atom. The Labute approximate surface area is 204 Å². The van der Waals surface area contributed by atoms with Crippen molar-refractivity contribution in [1.29, 1.82) is 0 Å². The van der Waals surface area contributed by atoms with E-state index < -0.39 is 21.7 Å². The van der Waals surface area contributed by atoms with Gasteiger partial charge in [0, 0.05) is 34.6 Å². The van der Waals surface area contributed by atoms with E-state index in [1.807, 2.05) is 0 Å². The molecule has 0 radical (unpaired) electrons. The Balaban J connectivity index is 1.69. The van der Waals surface area contributed by atoms with E-state index in [2.05, 4.69) is 10.6 Å². The molecule has 0 aliphatic heterocycles. The fourth-order valence-corrected chi connectivity index (χ4v) is 3.68. The number of carbonyl (C=O) groups excluding carboxylic acids is 2. The summed E-state index contributed by atoms with van der Waals surface area (Å²) in [6.07, 6.45) is 0. The monoisotopic (exact) mass is 482 g/mol. The third-order valence-corrected chi connectivity index (χ3v) is 5.33. The van der Waals surface area contributed by atoms with E-state index in [0.717, 1.165) is 0 Å². The quantitative estimate of drug-likeness (QED) is 0.256. The number of rotatable bonds is 7. The molecule has 0 aliphatic carbocycles. The molecule has 178 valence electrons. The van der Waals surface area contributed by atoms with Crippen molar-refractivity contribution in [1.82, 2.24) is 0 Å². The van der Waals surface area contributed by atoms with Gasteiger partial charge in [-0.15, -0.1) is 0 Å². The SMILES string of the molecule is O=C(Nc1ccccc1-c1ccccc1NC(=O)c1ccccc1[N+](=O)[O-])c1ccccc1[N+](=O)[O-]. The molecule has 0 saturated heterocycles. The molecule has 0 unspecified atom stereocenters. The van der Waals surface area contributed by atoms with Crippen molar-refractivity contribution >= 4 is 34.6 Å². The van der Waals surface area contributed by atoms with Crippen LogP contribution in [0.15, 0.2) is 97.1 Å². The Morgan fingerprint density at radius 1 is 0.528 bits per heavy atom. The standard InChI is InChI=1S/C26H18N4O6/c31-25(19-11-3-7-15-23(19)29(33)34)27-21-13-5-1-9-17(21)18-10-2-6-14-22(18)28-26(32)20-12-4-8-16-24(20)30(35)36/h1-16H,(H,27,31)(H,28,32). The zero-order valence-corrected chi connectivity index (χ0v) is 18.6. The number of para-hydroxylation sites is 4. The van der Waals surface area contributed by atoms with E-state index in [4.69, 9.17) is 0 Å². The Bertz CT molecular complexity index is 1390. The molecule has 10 heteroatoms. The summed E-state index contributed by atoms with van der Waals surface area (Å²) in [6.45, 7) is 0. The van der Waals surface area contributed by atoms with Gasteiger partial charge in [0.1, 0.15) is 11.1 Å². The molecule has 0 heterocycles. The maximum absolute atomic E-state index is 12.9. The summed E-state index contributed by atoms with van der Waals surface area (Å²) in [5.74, 6) is -1.34. The van der Waals surface area contributed by atoms with Crippen LogP contribution in [0.3, 0.4) is 0 Å². The fourth-order valence-electron chi connectivity index (χ4n) is 3.68. The minimum atomic E-state index is -0.670. The van der Waals surface area contributed by atoms with Gasteiger partial charge < -0.3 is 10.6 Å². The number of nitrogens with zero attached hydrogens (tertiary/aromatic N) is 2. The van der Waals surface area contributed by atoms with Gasteiger partial charge in [-0.1, -0.05) is 60.7 Å². The Hall–Kier alpha value is -5.38. The van der Waals surface area contributed by atoms with E-state index in [1.54, 1.807) is 48.5 Å². The van der Waals surface area contributed by atoms with Crippen molar-refractivity contribution in [3.05, 3.63) is 128 Å². The van der Waals surface area contributed by atoms with Gasteiger partial charge in [-0.3, -0.25) is 29.8 Å². The normalized spacial score (nSPS) is 10.3. The number of hydrogen-bond acceptors (Lipinski definition) is 6. The summed E-state index contributed by atoms with van der Waals surface area (Å²) in [5, 5.41) is 28.1. The summed E-state index contributed by atoms with van der Waals surface area (Å²) in [5.41, 5.74) is 0.909. The molecule has 0 atom stereocenters. The van der Waals surface area contributed by atoms with E-state index in [0.29, 0.717) is 22.5 Å². The van der Waals surface area contributed by atoms with Gasteiger partial charge in [-0.25, -0.2) is 0 Å². The van der Waals surface area contributed by atoms with Gasteiger partial charge in [0.15, 0.2) is 0 Å². The van der Waals surface area contributed by atoms with Crippen LogP contribution in [0.2, 0.25) is 0 Å². The molecule has 2 amide bonds. The summed E-state index contributed by atoms with van der Waals surface area (Å²) >= 11 is 0. The third kappa shape index (κ3) is 4.92. The van der Waals surface area contributed by atoms with E-state index in [-0.39, 0.29) is 22.5 Å². The maximum Gasteiger partial charge on any atom is 0.282 e. The first-order valence-corrected chi connectivity index (χ1v) is 10.6. The lowest BCUT2D eigenvalue weighted by molar-refractivity contribution is -0.385. The molecular weight excluding hydrogens is 464 g/mol. The summed E-state index contributed by atoms with van der Waals surface area (Å²) in [4.78, 5) is 47.3. The van der Waals surface area contributed by atoms with Gasteiger partial charge in [0.25, 0.3) is 23.2 Å². The largest absolute Gasteiger partial charge is 0.321 e. The highest BCUT2D eigenvalue weighted by Crippen LogP contribution is 2.34. The smallest absolute Gasteiger partial charge is 0.282 e. The van der Waals surface area contributed by atoms with E-state index in [9.17, 15) is 29.8 Å². The minimum absolute atomic E-state index is 0.102. The second kappa shape index (κ2) is 10.3.